The molecule has 1 heterocycles. The molecule has 1 rings (SSSR count). The van der Waals surface area contributed by atoms with E-state index in [0.29, 0.717) is 24.7 Å². The summed E-state index contributed by atoms with van der Waals surface area (Å²) >= 11 is 0. The lowest BCUT2D eigenvalue weighted by Gasteiger charge is -2.08. The molecule has 0 aliphatic carbocycles. The number of hydrogen-bond donors (Lipinski definition) is 1. The molecular weight excluding hydrogens is 226 g/mol. The summed E-state index contributed by atoms with van der Waals surface area (Å²) in [5.41, 5.74) is 0. The van der Waals surface area contributed by atoms with Crippen LogP contribution in [-0.2, 0) is 22.1 Å². The largest absolute Gasteiger partial charge is 0.383 e. The van der Waals surface area contributed by atoms with Crippen molar-refractivity contribution in [2.75, 3.05) is 37.1 Å². The van der Waals surface area contributed by atoms with Gasteiger partial charge in [0.05, 0.1) is 6.61 Å². The van der Waals surface area contributed by atoms with Crippen molar-refractivity contribution >= 4 is 16.7 Å². The number of hydrogen-bond acceptors (Lipinski definition) is 4. The topological polar surface area (TPSA) is 56.2 Å². The molecule has 16 heavy (non-hydrogen) atoms. The van der Waals surface area contributed by atoms with Gasteiger partial charge in [0, 0.05) is 54.9 Å². The number of nitrogens with zero attached hydrogens (tertiary/aromatic N) is 2. The highest BCUT2D eigenvalue weighted by Gasteiger charge is 2.02. The lowest BCUT2D eigenvalue weighted by atomic mass is 10.6. The Hall–Kier alpha value is -0.880. The number of imidazole rings is 1. The van der Waals surface area contributed by atoms with Crippen LogP contribution in [0.5, 0.6) is 0 Å². The second-order valence-electron chi connectivity index (χ2n) is 3.30. The van der Waals surface area contributed by atoms with Gasteiger partial charge in [0.25, 0.3) is 0 Å². The van der Waals surface area contributed by atoms with Crippen LogP contribution in [0, 0.1) is 0 Å². The predicted molar refractivity (Wildman–Crippen MR) is 66.1 cm³/mol. The minimum atomic E-state index is -0.725. The normalized spacial score (nSPS) is 12.6. The van der Waals surface area contributed by atoms with Crippen LogP contribution in [0.15, 0.2) is 12.4 Å². The molecule has 0 aromatic carbocycles. The second kappa shape index (κ2) is 7.40. The van der Waals surface area contributed by atoms with E-state index in [0.717, 1.165) is 12.5 Å². The minimum Gasteiger partial charge on any atom is -0.383 e. The maximum Gasteiger partial charge on any atom is 0.202 e. The van der Waals surface area contributed by atoms with Crippen LogP contribution in [0.3, 0.4) is 0 Å². The first-order valence-corrected chi connectivity index (χ1v) is 6.85. The fourth-order valence-corrected chi connectivity index (χ4v) is 1.89. The summed E-state index contributed by atoms with van der Waals surface area (Å²) in [5.74, 6) is 2.18. The molecule has 6 heteroatoms. The van der Waals surface area contributed by atoms with Crippen LogP contribution < -0.4 is 5.32 Å². The Kier molecular flexibility index (Phi) is 6.10. The summed E-state index contributed by atoms with van der Waals surface area (Å²) in [4.78, 5) is 4.19. The van der Waals surface area contributed by atoms with Gasteiger partial charge in [-0.1, -0.05) is 6.92 Å². The number of ether oxygens (including phenoxy) is 1. The molecule has 0 aliphatic heterocycles. The Labute approximate surface area is 98.7 Å². The van der Waals surface area contributed by atoms with Crippen molar-refractivity contribution in [2.45, 2.75) is 13.5 Å². The molecule has 1 N–H and O–H groups in total. The summed E-state index contributed by atoms with van der Waals surface area (Å²) in [6.45, 7) is 4.04. The average Bonchev–Trinajstić information content (AvgIpc) is 2.73. The molecule has 0 aliphatic rings. The van der Waals surface area contributed by atoms with Crippen molar-refractivity contribution in [1.82, 2.24) is 9.55 Å². The summed E-state index contributed by atoms with van der Waals surface area (Å²) in [5, 5.41) is 3.17. The number of aromatic nitrogens is 2. The van der Waals surface area contributed by atoms with Gasteiger partial charge in [0.1, 0.15) is 0 Å². The van der Waals surface area contributed by atoms with E-state index in [1.54, 1.807) is 13.3 Å². The molecule has 0 saturated heterocycles. The highest BCUT2D eigenvalue weighted by atomic mass is 32.2. The van der Waals surface area contributed by atoms with E-state index >= 15 is 0 Å². The Bertz CT molecular complexity index is 328. The van der Waals surface area contributed by atoms with E-state index in [1.807, 2.05) is 17.7 Å². The standard InChI is InChI=1S/C10H19N3O2S/c1-3-16(14)9-5-12-10-11-4-6-13(10)7-8-15-2/h4,6H,3,5,7-9H2,1-2H3,(H,11,12). The van der Waals surface area contributed by atoms with E-state index in [1.165, 1.54) is 0 Å². The third kappa shape index (κ3) is 4.32. The van der Waals surface area contributed by atoms with E-state index in [2.05, 4.69) is 10.3 Å². The highest BCUT2D eigenvalue weighted by molar-refractivity contribution is 7.84. The summed E-state index contributed by atoms with van der Waals surface area (Å²) in [6, 6.07) is 0. The quantitative estimate of drug-likeness (QED) is 0.733. The van der Waals surface area contributed by atoms with Gasteiger partial charge in [0.15, 0.2) is 0 Å². The van der Waals surface area contributed by atoms with Crippen molar-refractivity contribution in [3.05, 3.63) is 12.4 Å². The van der Waals surface area contributed by atoms with Gasteiger partial charge in [-0.05, 0) is 0 Å². The van der Waals surface area contributed by atoms with Crippen molar-refractivity contribution in [1.29, 1.82) is 0 Å². The molecule has 0 amide bonds. The zero-order valence-corrected chi connectivity index (χ0v) is 10.6. The van der Waals surface area contributed by atoms with Gasteiger partial charge in [-0.15, -0.1) is 0 Å². The maximum absolute atomic E-state index is 11.2. The van der Waals surface area contributed by atoms with Gasteiger partial charge in [0.2, 0.25) is 5.95 Å². The Morgan fingerprint density at radius 2 is 2.44 bits per heavy atom. The lowest BCUT2D eigenvalue weighted by Crippen LogP contribution is -2.16. The molecule has 0 fully saturated rings. The number of anilines is 1. The van der Waals surface area contributed by atoms with Gasteiger partial charge in [-0.3, -0.25) is 4.21 Å². The molecule has 1 atom stereocenters. The first-order chi connectivity index (χ1) is 7.77. The zero-order chi connectivity index (χ0) is 11.8. The van der Waals surface area contributed by atoms with E-state index in [9.17, 15) is 4.21 Å². The van der Waals surface area contributed by atoms with Crippen molar-refractivity contribution < 1.29 is 8.95 Å². The first kappa shape index (κ1) is 13.2. The van der Waals surface area contributed by atoms with E-state index < -0.39 is 10.8 Å². The van der Waals surface area contributed by atoms with Crippen LogP contribution in [0.1, 0.15) is 6.92 Å². The molecule has 0 spiro atoms. The molecule has 0 saturated carbocycles. The molecule has 0 bridgehead atoms. The fourth-order valence-electron chi connectivity index (χ4n) is 1.27. The molecule has 5 nitrogen and oxygen atoms in total. The lowest BCUT2D eigenvalue weighted by molar-refractivity contribution is 0.187. The average molecular weight is 245 g/mol. The molecule has 0 radical (unpaired) electrons. The van der Waals surface area contributed by atoms with Crippen molar-refractivity contribution in [3.8, 4) is 0 Å². The Morgan fingerprint density at radius 3 is 3.12 bits per heavy atom. The second-order valence-corrected chi connectivity index (χ2v) is 5.16. The molecule has 1 aromatic heterocycles. The number of methoxy groups -OCH3 is 1. The third-order valence-electron chi connectivity index (χ3n) is 2.19. The molecule has 1 aromatic rings. The van der Waals surface area contributed by atoms with Gasteiger partial charge < -0.3 is 14.6 Å². The smallest absolute Gasteiger partial charge is 0.202 e. The van der Waals surface area contributed by atoms with Crippen LogP contribution in [0.2, 0.25) is 0 Å². The number of rotatable bonds is 8. The molecule has 92 valence electrons. The summed E-state index contributed by atoms with van der Waals surface area (Å²) in [7, 11) is 0.950. The highest BCUT2D eigenvalue weighted by Crippen LogP contribution is 2.03. The Balaban J connectivity index is 2.35. The van der Waals surface area contributed by atoms with Crippen LogP contribution >= 0.6 is 0 Å². The predicted octanol–water partition coefficient (Wildman–Crippen LogP) is 0.710. The van der Waals surface area contributed by atoms with Crippen LogP contribution in [0.4, 0.5) is 5.95 Å². The van der Waals surface area contributed by atoms with Crippen LogP contribution in [-0.4, -0.2) is 45.5 Å². The van der Waals surface area contributed by atoms with E-state index in [4.69, 9.17) is 4.74 Å². The zero-order valence-electron chi connectivity index (χ0n) is 9.81. The fraction of sp³-hybridized carbons (Fsp3) is 0.700. The van der Waals surface area contributed by atoms with Crippen molar-refractivity contribution in [3.63, 3.8) is 0 Å². The third-order valence-corrected chi connectivity index (χ3v) is 3.49. The van der Waals surface area contributed by atoms with Gasteiger partial charge in [-0.2, -0.15) is 0 Å². The first-order valence-electron chi connectivity index (χ1n) is 5.36. The monoisotopic (exact) mass is 245 g/mol. The molecule has 1 unspecified atom stereocenters. The maximum atomic E-state index is 11.2. The molecular formula is C10H19N3O2S. The minimum absolute atomic E-state index is 0.659. The van der Waals surface area contributed by atoms with Gasteiger partial charge >= 0.3 is 0 Å². The van der Waals surface area contributed by atoms with Crippen molar-refractivity contribution in [2.24, 2.45) is 0 Å². The Morgan fingerprint density at radius 1 is 1.62 bits per heavy atom. The summed E-state index contributed by atoms with van der Waals surface area (Å²) < 4.78 is 18.2. The van der Waals surface area contributed by atoms with Crippen LogP contribution in [0.25, 0.3) is 0 Å². The SMILES string of the molecule is CCS(=O)CCNc1nccn1CCOC. The van der Waals surface area contributed by atoms with Gasteiger partial charge in [-0.25, -0.2) is 4.98 Å². The van der Waals surface area contributed by atoms with E-state index in [-0.39, 0.29) is 0 Å². The summed E-state index contributed by atoms with van der Waals surface area (Å²) in [6.07, 6.45) is 3.65. The number of nitrogens with one attached hydrogen (secondary N) is 1.